The van der Waals surface area contributed by atoms with Gasteiger partial charge >= 0.3 is 0 Å². The van der Waals surface area contributed by atoms with Crippen molar-refractivity contribution < 1.29 is 19.1 Å². The van der Waals surface area contributed by atoms with E-state index in [0.717, 1.165) is 6.42 Å². The van der Waals surface area contributed by atoms with Crippen LogP contribution in [0.4, 0.5) is 11.4 Å². The molecule has 152 valence electrons. The fourth-order valence-corrected chi connectivity index (χ4v) is 5.09. The zero-order valence-corrected chi connectivity index (χ0v) is 16.9. The number of nitrogens with one attached hydrogen (secondary N) is 1. The summed E-state index contributed by atoms with van der Waals surface area (Å²) in [7, 11) is 1.50. The predicted octanol–water partition coefficient (Wildman–Crippen LogP) is 3.91. The molecule has 0 radical (unpaired) electrons. The van der Waals surface area contributed by atoms with E-state index >= 15 is 0 Å². The minimum atomic E-state index is -0.390. The monoisotopic (exact) mass is 422 g/mol. The van der Waals surface area contributed by atoms with Crippen LogP contribution in [0.15, 0.2) is 54.6 Å². The Balaban J connectivity index is 1.41. The summed E-state index contributed by atoms with van der Waals surface area (Å²) >= 11 is 6.03. The van der Waals surface area contributed by atoms with E-state index in [1.54, 1.807) is 42.5 Å². The van der Waals surface area contributed by atoms with E-state index < -0.39 is 5.91 Å². The number of anilines is 2. The minimum Gasteiger partial charge on any atom is -0.495 e. The van der Waals surface area contributed by atoms with Gasteiger partial charge in [-0.1, -0.05) is 29.8 Å². The van der Waals surface area contributed by atoms with Crippen molar-refractivity contribution in [2.75, 3.05) is 17.3 Å². The summed E-state index contributed by atoms with van der Waals surface area (Å²) in [6, 6.07) is 11.5. The van der Waals surface area contributed by atoms with Crippen molar-refractivity contribution in [2.24, 2.45) is 23.7 Å². The first-order valence-corrected chi connectivity index (χ1v) is 10.2. The number of hydrogen-bond acceptors (Lipinski definition) is 4. The van der Waals surface area contributed by atoms with E-state index in [1.165, 1.54) is 12.0 Å². The SMILES string of the molecule is COc1ccc(Cl)cc1NC(=O)c1cccc(N2C(=O)[C@H]3[C@H](C2=O)[C@H]2C=C[C@H]3C2)c1. The molecule has 2 aromatic carbocycles. The van der Waals surface area contributed by atoms with Gasteiger partial charge in [0.05, 0.1) is 30.3 Å². The molecule has 5 rings (SSSR count). The maximum Gasteiger partial charge on any atom is 0.255 e. The summed E-state index contributed by atoms with van der Waals surface area (Å²) in [6.45, 7) is 0. The number of methoxy groups -OCH3 is 1. The van der Waals surface area contributed by atoms with Gasteiger partial charge in [-0.05, 0) is 54.7 Å². The molecule has 7 heteroatoms. The van der Waals surface area contributed by atoms with Gasteiger partial charge < -0.3 is 10.1 Å². The Labute approximate surface area is 178 Å². The summed E-state index contributed by atoms with van der Waals surface area (Å²) < 4.78 is 5.26. The van der Waals surface area contributed by atoms with E-state index in [2.05, 4.69) is 17.5 Å². The molecule has 1 saturated heterocycles. The van der Waals surface area contributed by atoms with Crippen LogP contribution in [0.5, 0.6) is 5.75 Å². The van der Waals surface area contributed by atoms with Gasteiger partial charge in [-0.25, -0.2) is 4.90 Å². The van der Waals surface area contributed by atoms with Crippen LogP contribution in [-0.4, -0.2) is 24.8 Å². The smallest absolute Gasteiger partial charge is 0.255 e. The molecule has 1 heterocycles. The molecular formula is C23H19ClN2O4. The average molecular weight is 423 g/mol. The summed E-state index contributed by atoms with van der Waals surface area (Å²) in [5.74, 6) is -0.525. The number of carbonyl (C=O) groups excluding carboxylic acids is 3. The molecule has 0 aromatic heterocycles. The van der Waals surface area contributed by atoms with Crippen LogP contribution in [0.3, 0.4) is 0 Å². The number of nitrogens with zero attached hydrogens (tertiary/aromatic N) is 1. The maximum absolute atomic E-state index is 13.0. The van der Waals surface area contributed by atoms with Gasteiger partial charge in [0.1, 0.15) is 5.75 Å². The Morgan fingerprint density at radius 3 is 2.43 bits per heavy atom. The predicted molar refractivity (Wildman–Crippen MR) is 113 cm³/mol. The van der Waals surface area contributed by atoms with Crippen LogP contribution in [0.1, 0.15) is 16.8 Å². The van der Waals surface area contributed by atoms with Crippen molar-refractivity contribution in [2.45, 2.75) is 6.42 Å². The lowest BCUT2D eigenvalue weighted by Crippen LogP contribution is -2.33. The van der Waals surface area contributed by atoms with Crippen LogP contribution >= 0.6 is 11.6 Å². The van der Waals surface area contributed by atoms with Crippen molar-refractivity contribution in [3.63, 3.8) is 0 Å². The second kappa shape index (κ2) is 6.99. The molecule has 4 atom stereocenters. The van der Waals surface area contributed by atoms with Gasteiger partial charge in [0.15, 0.2) is 0 Å². The number of halogens is 1. The Hall–Kier alpha value is -3.12. The van der Waals surface area contributed by atoms with Crippen molar-refractivity contribution in [1.82, 2.24) is 0 Å². The highest BCUT2D eigenvalue weighted by Gasteiger charge is 2.59. The van der Waals surface area contributed by atoms with Crippen LogP contribution < -0.4 is 15.0 Å². The van der Waals surface area contributed by atoms with Crippen molar-refractivity contribution in [1.29, 1.82) is 0 Å². The topological polar surface area (TPSA) is 75.7 Å². The molecule has 1 N–H and O–H groups in total. The second-order valence-corrected chi connectivity index (χ2v) is 8.30. The highest BCUT2D eigenvalue weighted by Crippen LogP contribution is 2.53. The lowest BCUT2D eigenvalue weighted by Gasteiger charge is -2.18. The number of hydrogen-bond donors (Lipinski definition) is 1. The molecule has 2 aromatic rings. The Morgan fingerprint density at radius 2 is 1.77 bits per heavy atom. The number of carbonyl (C=O) groups is 3. The highest BCUT2D eigenvalue weighted by atomic mass is 35.5. The quantitative estimate of drug-likeness (QED) is 0.598. The number of allylic oxidation sites excluding steroid dienone is 2. The zero-order chi connectivity index (χ0) is 21.0. The summed E-state index contributed by atoms with van der Waals surface area (Å²) in [5.41, 5.74) is 1.18. The number of ether oxygens (including phenoxy) is 1. The van der Waals surface area contributed by atoms with Crippen LogP contribution in [-0.2, 0) is 9.59 Å². The third kappa shape index (κ3) is 2.82. The van der Waals surface area contributed by atoms with E-state index in [-0.39, 0.29) is 35.5 Å². The molecule has 2 aliphatic carbocycles. The molecule has 2 bridgehead atoms. The number of amides is 3. The lowest BCUT2D eigenvalue weighted by atomic mass is 9.85. The first-order valence-electron chi connectivity index (χ1n) is 9.79. The molecule has 3 amide bonds. The number of benzene rings is 2. The molecule has 1 saturated carbocycles. The third-order valence-electron chi connectivity index (χ3n) is 6.25. The van der Waals surface area contributed by atoms with Crippen molar-refractivity contribution >= 4 is 40.7 Å². The maximum atomic E-state index is 13.0. The molecule has 3 aliphatic rings. The molecule has 6 nitrogen and oxygen atoms in total. The summed E-state index contributed by atoms with van der Waals surface area (Å²) in [5, 5.41) is 3.24. The van der Waals surface area contributed by atoms with Crippen LogP contribution in [0.25, 0.3) is 0 Å². The Morgan fingerprint density at radius 1 is 1.07 bits per heavy atom. The zero-order valence-electron chi connectivity index (χ0n) is 16.2. The van der Waals surface area contributed by atoms with Gasteiger partial charge in [-0.2, -0.15) is 0 Å². The van der Waals surface area contributed by atoms with Crippen molar-refractivity contribution in [3.05, 3.63) is 65.2 Å². The van der Waals surface area contributed by atoms with Gasteiger partial charge in [0.2, 0.25) is 11.8 Å². The molecule has 2 fully saturated rings. The molecule has 30 heavy (non-hydrogen) atoms. The average Bonchev–Trinajstić information content (AvgIpc) is 3.42. The summed E-state index contributed by atoms with van der Waals surface area (Å²) in [6.07, 6.45) is 5.00. The van der Waals surface area contributed by atoms with Gasteiger partial charge in [-0.15, -0.1) is 0 Å². The first kappa shape index (κ1) is 18.9. The number of imide groups is 1. The Kier molecular flexibility index (Phi) is 4.40. The van der Waals surface area contributed by atoms with E-state index in [4.69, 9.17) is 16.3 Å². The third-order valence-corrected chi connectivity index (χ3v) is 6.48. The standard InChI is InChI=1S/C23H19ClN2O4/c1-30-18-8-7-15(24)11-17(18)25-21(27)14-3-2-4-16(10-14)26-22(28)19-12-5-6-13(9-12)20(19)23(26)29/h2-8,10-13,19-20H,9H2,1H3,(H,25,27)/t12-,13-,19+,20+/m0/s1. The lowest BCUT2D eigenvalue weighted by molar-refractivity contribution is -0.123. The van der Waals surface area contributed by atoms with E-state index in [0.29, 0.717) is 27.7 Å². The Bertz CT molecular complexity index is 1080. The van der Waals surface area contributed by atoms with Gasteiger partial charge in [0.25, 0.3) is 5.91 Å². The van der Waals surface area contributed by atoms with E-state index in [1.807, 2.05) is 0 Å². The molecule has 0 unspecified atom stereocenters. The second-order valence-electron chi connectivity index (χ2n) is 7.86. The summed E-state index contributed by atoms with van der Waals surface area (Å²) in [4.78, 5) is 40.1. The highest BCUT2D eigenvalue weighted by molar-refractivity contribution is 6.31. The first-order chi connectivity index (χ1) is 14.5. The number of rotatable bonds is 4. The molecular weight excluding hydrogens is 404 g/mol. The van der Waals surface area contributed by atoms with Gasteiger partial charge in [-0.3, -0.25) is 14.4 Å². The van der Waals surface area contributed by atoms with Crippen LogP contribution in [0, 0.1) is 23.7 Å². The molecule has 0 spiro atoms. The molecule has 1 aliphatic heterocycles. The number of fused-ring (bicyclic) bond motifs is 5. The normalized spacial score (nSPS) is 26.3. The van der Waals surface area contributed by atoms with Gasteiger partial charge in [0, 0.05) is 10.6 Å². The van der Waals surface area contributed by atoms with E-state index in [9.17, 15) is 14.4 Å². The minimum absolute atomic E-state index is 0.142. The van der Waals surface area contributed by atoms with Crippen LogP contribution in [0.2, 0.25) is 5.02 Å². The van der Waals surface area contributed by atoms with Crippen molar-refractivity contribution in [3.8, 4) is 5.75 Å². The largest absolute Gasteiger partial charge is 0.495 e. The fraction of sp³-hybridized carbons (Fsp3) is 0.261. The fourth-order valence-electron chi connectivity index (χ4n) is 4.92.